The molecule has 0 aromatic heterocycles. The fourth-order valence-corrected chi connectivity index (χ4v) is 3.94. The second-order valence-electron chi connectivity index (χ2n) is 7.79. The fraction of sp³-hybridized carbons (Fsp3) is 0.579. The Morgan fingerprint density at radius 1 is 1.32 bits per heavy atom. The molecule has 0 spiro atoms. The Morgan fingerprint density at radius 2 is 1.96 bits per heavy atom. The predicted molar refractivity (Wildman–Crippen MR) is 100 cm³/mol. The molecule has 2 amide bonds. The largest absolute Gasteiger partial charge is 0.481 e. The van der Waals surface area contributed by atoms with Crippen molar-refractivity contribution in [1.82, 2.24) is 5.32 Å². The molecule has 2 rings (SSSR count). The molecule has 6 heteroatoms. The predicted octanol–water partition coefficient (Wildman–Crippen LogP) is 3.32. The zero-order chi connectivity index (χ0) is 18.9. The van der Waals surface area contributed by atoms with Crippen LogP contribution in [0.15, 0.2) is 18.2 Å². The van der Waals surface area contributed by atoms with Crippen molar-refractivity contribution in [1.29, 1.82) is 0 Å². The standard InChI is InChI=1S/C19H29N3O3/c1-11-15(8-7-9-16(11)22(5)6)21-18(25)20-12(2)13-10-14(17(23)24)19(13,3)4/h7-9,12-14H,10H2,1-6H3,(H,23,24)(H2,20,21,25)/t12?,13-,14+/m0/s1. The molecule has 3 N–H and O–H groups in total. The number of hydrogen-bond acceptors (Lipinski definition) is 3. The van der Waals surface area contributed by atoms with Gasteiger partial charge in [0.05, 0.1) is 5.92 Å². The fourth-order valence-electron chi connectivity index (χ4n) is 3.94. The van der Waals surface area contributed by atoms with Crippen molar-refractivity contribution in [3.8, 4) is 0 Å². The number of hydrogen-bond donors (Lipinski definition) is 3. The van der Waals surface area contributed by atoms with Crippen LogP contribution >= 0.6 is 0 Å². The van der Waals surface area contributed by atoms with Gasteiger partial charge in [-0.05, 0) is 49.3 Å². The molecular formula is C19H29N3O3. The smallest absolute Gasteiger partial charge is 0.319 e. The number of anilines is 2. The minimum absolute atomic E-state index is 0.0945. The number of urea groups is 1. The van der Waals surface area contributed by atoms with Gasteiger partial charge in [0, 0.05) is 31.5 Å². The van der Waals surface area contributed by atoms with Crippen molar-refractivity contribution in [3.63, 3.8) is 0 Å². The lowest BCUT2D eigenvalue weighted by molar-refractivity contribution is -0.160. The zero-order valence-corrected chi connectivity index (χ0v) is 15.9. The number of carboxylic acids is 1. The second-order valence-corrected chi connectivity index (χ2v) is 7.79. The summed E-state index contributed by atoms with van der Waals surface area (Å²) in [5.41, 5.74) is 2.51. The van der Waals surface area contributed by atoms with Gasteiger partial charge in [0.2, 0.25) is 0 Å². The molecule has 0 radical (unpaired) electrons. The normalized spacial score (nSPS) is 22.5. The third-order valence-corrected chi connectivity index (χ3v) is 5.64. The topological polar surface area (TPSA) is 81.7 Å². The van der Waals surface area contributed by atoms with Crippen molar-refractivity contribution >= 4 is 23.4 Å². The van der Waals surface area contributed by atoms with Crippen LogP contribution in [-0.4, -0.2) is 37.2 Å². The highest BCUT2D eigenvalue weighted by atomic mass is 16.4. The molecule has 1 unspecified atom stereocenters. The Morgan fingerprint density at radius 3 is 2.48 bits per heavy atom. The molecular weight excluding hydrogens is 318 g/mol. The van der Waals surface area contributed by atoms with Crippen LogP contribution < -0.4 is 15.5 Å². The summed E-state index contributed by atoms with van der Waals surface area (Å²) in [4.78, 5) is 25.6. The molecule has 0 heterocycles. The Hall–Kier alpha value is -2.24. The number of rotatable bonds is 5. The maximum absolute atomic E-state index is 12.4. The van der Waals surface area contributed by atoms with Gasteiger partial charge in [-0.3, -0.25) is 4.79 Å². The Labute approximate surface area is 149 Å². The van der Waals surface area contributed by atoms with E-state index in [1.54, 1.807) is 0 Å². The van der Waals surface area contributed by atoms with Gasteiger partial charge in [-0.2, -0.15) is 0 Å². The molecule has 1 aliphatic rings. The number of nitrogens with zero attached hydrogens (tertiary/aromatic N) is 1. The van der Waals surface area contributed by atoms with E-state index in [-0.39, 0.29) is 29.3 Å². The average Bonchev–Trinajstić information content (AvgIpc) is 2.47. The summed E-state index contributed by atoms with van der Waals surface area (Å²) in [5.74, 6) is -0.952. The Bertz CT molecular complexity index is 670. The van der Waals surface area contributed by atoms with E-state index in [0.29, 0.717) is 6.42 Å². The molecule has 1 fully saturated rings. The van der Waals surface area contributed by atoms with Crippen LogP contribution in [0.5, 0.6) is 0 Å². The van der Waals surface area contributed by atoms with Crippen LogP contribution in [0.1, 0.15) is 32.8 Å². The number of amides is 2. The second kappa shape index (κ2) is 6.94. The van der Waals surface area contributed by atoms with Gasteiger partial charge in [0.1, 0.15) is 0 Å². The minimum Gasteiger partial charge on any atom is -0.481 e. The highest BCUT2D eigenvalue weighted by Crippen LogP contribution is 2.52. The van der Waals surface area contributed by atoms with Gasteiger partial charge in [-0.1, -0.05) is 19.9 Å². The van der Waals surface area contributed by atoms with E-state index in [4.69, 9.17) is 0 Å². The molecule has 0 saturated heterocycles. The number of aliphatic carboxylic acids is 1. The molecule has 1 aromatic rings. The zero-order valence-electron chi connectivity index (χ0n) is 15.9. The third kappa shape index (κ3) is 3.72. The van der Waals surface area contributed by atoms with E-state index < -0.39 is 5.97 Å². The first kappa shape index (κ1) is 19.1. The van der Waals surface area contributed by atoms with Crippen molar-refractivity contribution < 1.29 is 14.7 Å². The number of carboxylic acid groups (broad SMARTS) is 1. The van der Waals surface area contributed by atoms with Crippen molar-refractivity contribution in [2.75, 3.05) is 24.3 Å². The van der Waals surface area contributed by atoms with Gasteiger partial charge >= 0.3 is 12.0 Å². The molecule has 0 bridgehead atoms. The third-order valence-electron chi connectivity index (χ3n) is 5.64. The van der Waals surface area contributed by atoms with Gasteiger partial charge in [-0.15, -0.1) is 0 Å². The molecule has 25 heavy (non-hydrogen) atoms. The molecule has 3 atom stereocenters. The minimum atomic E-state index is -0.756. The maximum atomic E-state index is 12.4. The van der Waals surface area contributed by atoms with Crippen molar-refractivity contribution in [2.24, 2.45) is 17.3 Å². The quantitative estimate of drug-likeness (QED) is 0.763. The number of benzene rings is 1. The summed E-state index contributed by atoms with van der Waals surface area (Å²) >= 11 is 0. The van der Waals surface area contributed by atoms with E-state index in [1.807, 2.05) is 64.9 Å². The lowest BCUT2D eigenvalue weighted by Crippen LogP contribution is -2.57. The summed E-state index contributed by atoms with van der Waals surface area (Å²) < 4.78 is 0. The van der Waals surface area contributed by atoms with Gasteiger partial charge in [0.25, 0.3) is 0 Å². The summed E-state index contributed by atoms with van der Waals surface area (Å²) in [5, 5.41) is 15.1. The molecule has 1 saturated carbocycles. The molecule has 1 aromatic carbocycles. The van der Waals surface area contributed by atoms with E-state index in [0.717, 1.165) is 16.9 Å². The van der Waals surface area contributed by atoms with E-state index in [9.17, 15) is 14.7 Å². The Kier molecular flexibility index (Phi) is 5.30. The lowest BCUT2D eigenvalue weighted by Gasteiger charge is -2.52. The molecule has 138 valence electrons. The summed E-state index contributed by atoms with van der Waals surface area (Å²) in [6.45, 7) is 7.83. The monoisotopic (exact) mass is 347 g/mol. The van der Waals surface area contributed by atoms with Crippen LogP contribution in [0.4, 0.5) is 16.2 Å². The number of nitrogens with one attached hydrogen (secondary N) is 2. The van der Waals surface area contributed by atoms with Crippen LogP contribution in [0.25, 0.3) is 0 Å². The maximum Gasteiger partial charge on any atom is 0.319 e. The van der Waals surface area contributed by atoms with Crippen LogP contribution in [0, 0.1) is 24.2 Å². The van der Waals surface area contributed by atoms with Gasteiger partial charge < -0.3 is 20.6 Å². The van der Waals surface area contributed by atoms with Crippen molar-refractivity contribution in [3.05, 3.63) is 23.8 Å². The summed E-state index contributed by atoms with van der Waals surface area (Å²) in [6, 6.07) is 5.43. The SMILES string of the molecule is Cc1c(NC(=O)NC(C)[C@@H]2C[C@H](C(=O)O)C2(C)C)cccc1N(C)C. The first-order valence-corrected chi connectivity index (χ1v) is 8.63. The van der Waals surface area contributed by atoms with Gasteiger partial charge in [-0.25, -0.2) is 4.79 Å². The van der Waals surface area contributed by atoms with E-state index in [2.05, 4.69) is 10.6 Å². The number of carbonyl (C=O) groups is 2. The van der Waals surface area contributed by atoms with Crippen molar-refractivity contribution in [2.45, 2.75) is 40.2 Å². The summed E-state index contributed by atoms with van der Waals surface area (Å²) in [7, 11) is 3.93. The van der Waals surface area contributed by atoms with E-state index >= 15 is 0 Å². The Balaban J connectivity index is 2.00. The average molecular weight is 347 g/mol. The molecule has 1 aliphatic carbocycles. The van der Waals surface area contributed by atoms with Crippen LogP contribution in [0.2, 0.25) is 0 Å². The van der Waals surface area contributed by atoms with E-state index in [1.165, 1.54) is 0 Å². The number of carbonyl (C=O) groups excluding carboxylic acids is 1. The highest BCUT2D eigenvalue weighted by molar-refractivity contribution is 5.91. The van der Waals surface area contributed by atoms with Crippen LogP contribution in [0.3, 0.4) is 0 Å². The van der Waals surface area contributed by atoms with Gasteiger partial charge in [0.15, 0.2) is 0 Å². The first-order valence-electron chi connectivity index (χ1n) is 8.63. The van der Waals surface area contributed by atoms with Crippen LogP contribution in [-0.2, 0) is 4.79 Å². The first-order chi connectivity index (χ1) is 11.6. The highest BCUT2D eigenvalue weighted by Gasteiger charge is 2.53. The molecule has 0 aliphatic heterocycles. The lowest BCUT2D eigenvalue weighted by atomic mass is 9.53. The summed E-state index contributed by atoms with van der Waals surface area (Å²) in [6.07, 6.45) is 0.596. The molecule has 6 nitrogen and oxygen atoms in total.